The second-order valence-electron chi connectivity index (χ2n) is 6.01. The van der Waals surface area contributed by atoms with Crippen molar-refractivity contribution >= 4 is 11.6 Å². The number of methoxy groups -OCH3 is 1. The number of carbonyl (C=O) groups is 1. The van der Waals surface area contributed by atoms with E-state index >= 15 is 0 Å². The van der Waals surface area contributed by atoms with Crippen LogP contribution in [0.3, 0.4) is 0 Å². The van der Waals surface area contributed by atoms with Crippen LogP contribution in [0.25, 0.3) is 11.3 Å². The number of carbonyl (C=O) groups excluding carboxylic acids is 1. The van der Waals surface area contributed by atoms with Crippen LogP contribution in [0, 0.1) is 12.3 Å². The average molecular weight is 287 g/mol. The fourth-order valence-corrected chi connectivity index (χ4v) is 1.86. The third-order valence-electron chi connectivity index (χ3n) is 3.21. The van der Waals surface area contributed by atoms with E-state index in [9.17, 15) is 4.79 Å². The van der Waals surface area contributed by atoms with Crippen LogP contribution in [0.2, 0.25) is 0 Å². The zero-order chi connectivity index (χ0) is 15.6. The molecule has 112 valence electrons. The molecule has 1 heterocycles. The van der Waals surface area contributed by atoms with Crippen LogP contribution in [0.1, 0.15) is 26.5 Å². The zero-order valence-electron chi connectivity index (χ0n) is 13.1. The SMILES string of the molecule is COc1cccc(-c2n[nH]c(C)c2NC(=O)C(C)(C)C)c1. The molecule has 0 unspecified atom stereocenters. The smallest absolute Gasteiger partial charge is 0.229 e. The summed E-state index contributed by atoms with van der Waals surface area (Å²) in [6.07, 6.45) is 0. The molecule has 2 N–H and O–H groups in total. The molecule has 0 bridgehead atoms. The lowest BCUT2D eigenvalue weighted by atomic mass is 9.95. The molecular weight excluding hydrogens is 266 g/mol. The van der Waals surface area contributed by atoms with Gasteiger partial charge in [0.15, 0.2) is 0 Å². The quantitative estimate of drug-likeness (QED) is 0.909. The van der Waals surface area contributed by atoms with Crippen molar-refractivity contribution in [2.45, 2.75) is 27.7 Å². The van der Waals surface area contributed by atoms with Crippen molar-refractivity contribution in [2.75, 3.05) is 12.4 Å². The van der Waals surface area contributed by atoms with Gasteiger partial charge in [0.25, 0.3) is 0 Å². The first kappa shape index (κ1) is 15.1. The summed E-state index contributed by atoms with van der Waals surface area (Å²) in [5.41, 5.74) is 2.68. The maximum absolute atomic E-state index is 12.2. The number of anilines is 1. The number of aryl methyl sites for hydroxylation is 1. The van der Waals surface area contributed by atoms with Gasteiger partial charge in [-0.05, 0) is 19.1 Å². The van der Waals surface area contributed by atoms with Gasteiger partial charge in [-0.3, -0.25) is 9.89 Å². The number of H-pyrrole nitrogens is 1. The van der Waals surface area contributed by atoms with Crippen molar-refractivity contribution in [2.24, 2.45) is 5.41 Å². The summed E-state index contributed by atoms with van der Waals surface area (Å²) in [6.45, 7) is 7.52. The fraction of sp³-hybridized carbons (Fsp3) is 0.375. The van der Waals surface area contributed by atoms with E-state index in [4.69, 9.17) is 4.74 Å². The van der Waals surface area contributed by atoms with Gasteiger partial charge in [-0.15, -0.1) is 0 Å². The highest BCUT2D eigenvalue weighted by Gasteiger charge is 2.24. The second-order valence-corrected chi connectivity index (χ2v) is 6.01. The van der Waals surface area contributed by atoms with Crippen LogP contribution in [0.15, 0.2) is 24.3 Å². The largest absolute Gasteiger partial charge is 0.497 e. The Labute approximate surface area is 124 Å². The minimum atomic E-state index is -0.463. The maximum atomic E-state index is 12.2. The number of ether oxygens (including phenoxy) is 1. The van der Waals surface area contributed by atoms with Gasteiger partial charge in [0.1, 0.15) is 11.4 Å². The van der Waals surface area contributed by atoms with E-state index in [0.29, 0.717) is 11.4 Å². The second kappa shape index (κ2) is 5.60. The minimum absolute atomic E-state index is 0.0452. The molecule has 2 aromatic rings. The minimum Gasteiger partial charge on any atom is -0.497 e. The number of hydrogen-bond acceptors (Lipinski definition) is 3. The van der Waals surface area contributed by atoms with Gasteiger partial charge in [-0.1, -0.05) is 32.9 Å². The summed E-state index contributed by atoms with van der Waals surface area (Å²) in [5.74, 6) is 0.706. The van der Waals surface area contributed by atoms with Gasteiger partial charge in [0, 0.05) is 11.0 Å². The lowest BCUT2D eigenvalue weighted by Gasteiger charge is -2.18. The van der Waals surface area contributed by atoms with Crippen molar-refractivity contribution in [1.29, 1.82) is 0 Å². The van der Waals surface area contributed by atoms with Crippen molar-refractivity contribution in [3.63, 3.8) is 0 Å². The number of rotatable bonds is 3. The normalized spacial score (nSPS) is 11.3. The van der Waals surface area contributed by atoms with Crippen LogP contribution in [-0.2, 0) is 4.79 Å². The summed E-state index contributed by atoms with van der Waals surface area (Å²) in [4.78, 5) is 12.2. The molecule has 2 rings (SSSR count). The van der Waals surface area contributed by atoms with Crippen molar-refractivity contribution in [3.05, 3.63) is 30.0 Å². The molecule has 0 saturated heterocycles. The standard InChI is InChI=1S/C16H21N3O2/c1-10-13(17-15(20)16(2,3)4)14(19-18-10)11-7-6-8-12(9-11)21-5/h6-9H,1-5H3,(H,17,20)(H,18,19). The van der Waals surface area contributed by atoms with Gasteiger partial charge in [0.2, 0.25) is 5.91 Å². The zero-order valence-corrected chi connectivity index (χ0v) is 13.1. The van der Waals surface area contributed by atoms with Gasteiger partial charge < -0.3 is 10.1 Å². The Morgan fingerprint density at radius 2 is 2.05 bits per heavy atom. The highest BCUT2D eigenvalue weighted by Crippen LogP contribution is 2.31. The van der Waals surface area contributed by atoms with Gasteiger partial charge in [0.05, 0.1) is 18.5 Å². The van der Waals surface area contributed by atoms with Crippen LogP contribution in [-0.4, -0.2) is 23.2 Å². The molecule has 0 aliphatic rings. The third-order valence-corrected chi connectivity index (χ3v) is 3.21. The molecule has 0 saturated carbocycles. The first-order valence-corrected chi connectivity index (χ1v) is 6.84. The molecule has 5 heteroatoms. The molecule has 21 heavy (non-hydrogen) atoms. The van der Waals surface area contributed by atoms with Crippen molar-refractivity contribution in [1.82, 2.24) is 10.2 Å². The lowest BCUT2D eigenvalue weighted by molar-refractivity contribution is -0.123. The topological polar surface area (TPSA) is 67.0 Å². The van der Waals surface area contributed by atoms with Crippen molar-refractivity contribution < 1.29 is 9.53 Å². The Hall–Kier alpha value is -2.30. The molecular formula is C16H21N3O2. The molecule has 0 aliphatic heterocycles. The van der Waals surface area contributed by atoms with E-state index in [1.165, 1.54) is 0 Å². The molecule has 1 aromatic carbocycles. The molecule has 0 fully saturated rings. The van der Waals surface area contributed by atoms with E-state index in [0.717, 1.165) is 17.0 Å². The van der Waals surface area contributed by atoms with E-state index in [1.54, 1.807) is 7.11 Å². The molecule has 1 amide bonds. The summed E-state index contributed by atoms with van der Waals surface area (Å²) >= 11 is 0. The van der Waals surface area contributed by atoms with Crippen LogP contribution < -0.4 is 10.1 Å². The van der Waals surface area contributed by atoms with E-state index in [1.807, 2.05) is 52.0 Å². The van der Waals surface area contributed by atoms with E-state index in [2.05, 4.69) is 15.5 Å². The van der Waals surface area contributed by atoms with Crippen LogP contribution in [0.4, 0.5) is 5.69 Å². The first-order chi connectivity index (χ1) is 9.82. The van der Waals surface area contributed by atoms with Crippen molar-refractivity contribution in [3.8, 4) is 17.0 Å². The molecule has 1 aromatic heterocycles. The monoisotopic (exact) mass is 287 g/mol. The Kier molecular flexibility index (Phi) is 4.02. The molecule has 0 atom stereocenters. The number of aromatic amines is 1. The Balaban J connectivity index is 2.40. The molecule has 0 aliphatic carbocycles. The number of nitrogens with one attached hydrogen (secondary N) is 2. The highest BCUT2D eigenvalue weighted by atomic mass is 16.5. The van der Waals surface area contributed by atoms with E-state index in [-0.39, 0.29) is 5.91 Å². The lowest BCUT2D eigenvalue weighted by Crippen LogP contribution is -2.28. The van der Waals surface area contributed by atoms with E-state index < -0.39 is 5.41 Å². The predicted octanol–water partition coefficient (Wildman–Crippen LogP) is 3.38. The predicted molar refractivity (Wildman–Crippen MR) is 83.4 cm³/mol. The molecule has 5 nitrogen and oxygen atoms in total. The fourth-order valence-electron chi connectivity index (χ4n) is 1.86. The van der Waals surface area contributed by atoms with Gasteiger partial charge >= 0.3 is 0 Å². The Morgan fingerprint density at radius 3 is 2.67 bits per heavy atom. The van der Waals surface area contributed by atoms with Gasteiger partial charge in [-0.25, -0.2) is 0 Å². The average Bonchev–Trinajstić information content (AvgIpc) is 2.79. The number of amides is 1. The molecule has 0 radical (unpaired) electrons. The molecule has 0 spiro atoms. The number of hydrogen-bond donors (Lipinski definition) is 2. The Bertz CT molecular complexity index is 654. The number of benzene rings is 1. The Morgan fingerprint density at radius 1 is 1.33 bits per heavy atom. The van der Waals surface area contributed by atoms with Crippen LogP contribution >= 0.6 is 0 Å². The first-order valence-electron chi connectivity index (χ1n) is 6.84. The van der Waals surface area contributed by atoms with Gasteiger partial charge in [-0.2, -0.15) is 5.10 Å². The maximum Gasteiger partial charge on any atom is 0.229 e. The third kappa shape index (κ3) is 3.24. The highest BCUT2D eigenvalue weighted by molar-refractivity contribution is 5.98. The summed E-state index contributed by atoms with van der Waals surface area (Å²) in [5, 5.41) is 10.2. The summed E-state index contributed by atoms with van der Waals surface area (Å²) in [7, 11) is 1.62. The number of aromatic nitrogens is 2. The summed E-state index contributed by atoms with van der Waals surface area (Å²) in [6, 6.07) is 7.59. The number of nitrogens with zero attached hydrogens (tertiary/aromatic N) is 1. The summed E-state index contributed by atoms with van der Waals surface area (Å²) < 4.78 is 5.23. The van der Waals surface area contributed by atoms with Crippen LogP contribution in [0.5, 0.6) is 5.75 Å².